The maximum Gasteiger partial charge on any atom is 0.236 e. The van der Waals surface area contributed by atoms with Crippen LogP contribution in [0.25, 0.3) is 10.8 Å². The summed E-state index contributed by atoms with van der Waals surface area (Å²) in [5.41, 5.74) is 2.14. The van der Waals surface area contributed by atoms with Crippen LogP contribution in [0.5, 0.6) is 0 Å². The van der Waals surface area contributed by atoms with E-state index in [2.05, 4.69) is 37.8 Å². The van der Waals surface area contributed by atoms with Crippen molar-refractivity contribution in [3.05, 3.63) is 42.0 Å². The summed E-state index contributed by atoms with van der Waals surface area (Å²) in [7, 11) is 1.77. The van der Waals surface area contributed by atoms with Gasteiger partial charge in [-0.3, -0.25) is 4.79 Å². The molecule has 0 radical (unpaired) electrons. The van der Waals surface area contributed by atoms with Crippen molar-refractivity contribution in [2.75, 3.05) is 17.7 Å². The minimum absolute atomic E-state index is 0.000190. The molecule has 0 atom stereocenters. The summed E-state index contributed by atoms with van der Waals surface area (Å²) < 4.78 is 0. The minimum atomic E-state index is -0.000190. The van der Waals surface area contributed by atoms with Crippen molar-refractivity contribution in [1.29, 1.82) is 0 Å². The monoisotopic (exact) mass is 245 g/mol. The Bertz CT molecular complexity index is 565. The fraction of sp³-hybridized carbons (Fsp3) is 0.214. The fourth-order valence-electron chi connectivity index (χ4n) is 1.81. The van der Waals surface area contributed by atoms with Gasteiger partial charge in [0.25, 0.3) is 0 Å². The molecule has 0 aliphatic heterocycles. The van der Waals surface area contributed by atoms with Crippen molar-refractivity contribution in [3.8, 4) is 0 Å². The van der Waals surface area contributed by atoms with Gasteiger partial charge in [0.05, 0.1) is 5.75 Å². The van der Waals surface area contributed by atoms with E-state index in [0.29, 0.717) is 0 Å². The quantitative estimate of drug-likeness (QED) is 0.806. The maximum absolute atomic E-state index is 11.6. The molecule has 17 heavy (non-hydrogen) atoms. The number of carbonyl (C=O) groups excluding carboxylic acids is 1. The van der Waals surface area contributed by atoms with Gasteiger partial charge in [0.1, 0.15) is 0 Å². The van der Waals surface area contributed by atoms with Gasteiger partial charge < -0.3 is 4.90 Å². The molecule has 2 aromatic rings. The molecule has 2 aromatic carbocycles. The zero-order valence-corrected chi connectivity index (χ0v) is 10.9. The van der Waals surface area contributed by atoms with Crippen LogP contribution in [-0.2, 0) is 4.79 Å². The molecule has 0 aromatic heterocycles. The van der Waals surface area contributed by atoms with Crippen LogP contribution >= 0.6 is 12.6 Å². The standard InChI is InChI=1S/C14H15NOS/c1-10-3-4-12-8-13(6-5-11(12)7-10)15(2)14(16)9-17/h3-8,17H,9H2,1-2H3. The van der Waals surface area contributed by atoms with Gasteiger partial charge in [-0.15, -0.1) is 0 Å². The number of aryl methyl sites for hydroxylation is 1. The van der Waals surface area contributed by atoms with Gasteiger partial charge in [0, 0.05) is 12.7 Å². The number of nitrogens with zero attached hydrogens (tertiary/aromatic N) is 1. The van der Waals surface area contributed by atoms with E-state index < -0.39 is 0 Å². The number of hydrogen-bond donors (Lipinski definition) is 1. The lowest BCUT2D eigenvalue weighted by molar-refractivity contribution is -0.115. The van der Waals surface area contributed by atoms with E-state index in [-0.39, 0.29) is 11.7 Å². The number of thiol groups is 1. The third-order valence-electron chi connectivity index (χ3n) is 2.88. The summed E-state index contributed by atoms with van der Waals surface area (Å²) in [5.74, 6) is 0.224. The van der Waals surface area contributed by atoms with Gasteiger partial charge >= 0.3 is 0 Å². The number of hydrogen-bond acceptors (Lipinski definition) is 2. The van der Waals surface area contributed by atoms with Gasteiger partial charge in [-0.1, -0.05) is 29.8 Å². The lowest BCUT2D eigenvalue weighted by Gasteiger charge is -2.16. The third-order valence-corrected chi connectivity index (χ3v) is 3.15. The van der Waals surface area contributed by atoms with Crippen molar-refractivity contribution in [2.45, 2.75) is 6.92 Å². The highest BCUT2D eigenvalue weighted by Gasteiger charge is 2.08. The molecule has 88 valence electrons. The summed E-state index contributed by atoms with van der Waals surface area (Å²) in [6.45, 7) is 2.07. The van der Waals surface area contributed by atoms with E-state index in [9.17, 15) is 4.79 Å². The molecule has 0 N–H and O–H groups in total. The Kier molecular flexibility index (Phi) is 3.38. The zero-order chi connectivity index (χ0) is 12.4. The minimum Gasteiger partial charge on any atom is -0.315 e. The van der Waals surface area contributed by atoms with E-state index in [1.54, 1.807) is 11.9 Å². The second-order valence-corrected chi connectivity index (χ2v) is 4.46. The number of anilines is 1. The Labute approximate surface area is 107 Å². The van der Waals surface area contributed by atoms with Crippen molar-refractivity contribution < 1.29 is 4.79 Å². The molecule has 0 unspecified atom stereocenters. The molecule has 0 aliphatic rings. The number of benzene rings is 2. The molecule has 2 nitrogen and oxygen atoms in total. The van der Waals surface area contributed by atoms with Crippen molar-refractivity contribution in [2.24, 2.45) is 0 Å². The Morgan fingerprint density at radius 1 is 1.18 bits per heavy atom. The van der Waals surface area contributed by atoms with Gasteiger partial charge in [-0.2, -0.15) is 12.6 Å². The summed E-state index contributed by atoms with van der Waals surface area (Å²) in [5, 5.41) is 2.34. The van der Waals surface area contributed by atoms with Crippen LogP contribution in [-0.4, -0.2) is 18.7 Å². The van der Waals surface area contributed by atoms with Crippen molar-refractivity contribution in [1.82, 2.24) is 0 Å². The van der Waals surface area contributed by atoms with Crippen molar-refractivity contribution >= 4 is 35.0 Å². The highest BCUT2D eigenvalue weighted by Crippen LogP contribution is 2.22. The number of rotatable bonds is 2. The molecule has 0 fully saturated rings. The van der Waals surface area contributed by atoms with Gasteiger partial charge in [-0.25, -0.2) is 0 Å². The summed E-state index contributed by atoms with van der Waals surface area (Å²) >= 11 is 4.00. The number of amides is 1. The summed E-state index contributed by atoms with van der Waals surface area (Å²) in [6.07, 6.45) is 0. The average molecular weight is 245 g/mol. The molecule has 0 heterocycles. The number of carbonyl (C=O) groups is 1. The lowest BCUT2D eigenvalue weighted by atomic mass is 10.1. The molecular formula is C14H15NOS. The first-order valence-electron chi connectivity index (χ1n) is 5.49. The highest BCUT2D eigenvalue weighted by atomic mass is 32.1. The normalized spacial score (nSPS) is 10.5. The van der Waals surface area contributed by atoms with Crippen LogP contribution in [0.2, 0.25) is 0 Å². The fourth-order valence-corrected chi connectivity index (χ4v) is 2.02. The molecule has 0 aliphatic carbocycles. The summed E-state index contributed by atoms with van der Waals surface area (Å²) in [6, 6.07) is 12.3. The Hall–Kier alpha value is -1.48. The number of fused-ring (bicyclic) bond motifs is 1. The molecule has 2 rings (SSSR count). The second kappa shape index (κ2) is 4.80. The van der Waals surface area contributed by atoms with E-state index >= 15 is 0 Å². The molecule has 0 spiro atoms. The molecule has 3 heteroatoms. The van der Waals surface area contributed by atoms with Gasteiger partial charge in [0.2, 0.25) is 5.91 Å². The van der Waals surface area contributed by atoms with Crippen LogP contribution in [0.4, 0.5) is 5.69 Å². The van der Waals surface area contributed by atoms with Gasteiger partial charge in [-0.05, 0) is 29.8 Å². The molecule has 0 saturated heterocycles. The highest BCUT2D eigenvalue weighted by molar-refractivity contribution is 7.81. The average Bonchev–Trinajstić information content (AvgIpc) is 2.36. The zero-order valence-electron chi connectivity index (χ0n) is 9.97. The van der Waals surface area contributed by atoms with Gasteiger partial charge in [0.15, 0.2) is 0 Å². The van der Waals surface area contributed by atoms with Crippen LogP contribution < -0.4 is 4.90 Å². The maximum atomic E-state index is 11.6. The molecule has 1 amide bonds. The van der Waals surface area contributed by atoms with Crippen LogP contribution in [0.1, 0.15) is 5.56 Å². The predicted octanol–water partition coefficient (Wildman–Crippen LogP) is 3.04. The Morgan fingerprint density at radius 2 is 1.82 bits per heavy atom. The molecular weight excluding hydrogens is 230 g/mol. The Morgan fingerprint density at radius 3 is 2.53 bits per heavy atom. The van der Waals surface area contributed by atoms with E-state index in [1.807, 2.05) is 18.2 Å². The first-order chi connectivity index (χ1) is 8.11. The first-order valence-corrected chi connectivity index (χ1v) is 6.13. The molecule has 0 saturated carbocycles. The lowest BCUT2D eigenvalue weighted by Crippen LogP contribution is -2.27. The predicted molar refractivity (Wildman–Crippen MR) is 75.9 cm³/mol. The van der Waals surface area contributed by atoms with E-state index in [1.165, 1.54) is 10.9 Å². The summed E-state index contributed by atoms with van der Waals surface area (Å²) in [4.78, 5) is 13.2. The van der Waals surface area contributed by atoms with E-state index in [4.69, 9.17) is 0 Å². The van der Waals surface area contributed by atoms with Crippen LogP contribution in [0.3, 0.4) is 0 Å². The smallest absolute Gasteiger partial charge is 0.236 e. The molecule has 0 bridgehead atoms. The van der Waals surface area contributed by atoms with Crippen LogP contribution in [0, 0.1) is 6.92 Å². The van der Waals surface area contributed by atoms with Crippen molar-refractivity contribution in [3.63, 3.8) is 0 Å². The topological polar surface area (TPSA) is 20.3 Å². The largest absolute Gasteiger partial charge is 0.315 e. The van der Waals surface area contributed by atoms with E-state index in [0.717, 1.165) is 11.1 Å². The van der Waals surface area contributed by atoms with Crippen LogP contribution in [0.15, 0.2) is 36.4 Å². The SMILES string of the molecule is Cc1ccc2cc(N(C)C(=O)CS)ccc2c1. The second-order valence-electron chi connectivity index (χ2n) is 4.15. The third kappa shape index (κ3) is 2.44. The first kappa shape index (κ1) is 12.0. The Balaban J connectivity index is 2.44.